The van der Waals surface area contributed by atoms with E-state index in [1.165, 1.54) is 0 Å². The van der Waals surface area contributed by atoms with Crippen LogP contribution in [-0.4, -0.2) is 12.3 Å². The summed E-state index contributed by atoms with van der Waals surface area (Å²) in [4.78, 5) is 11.6. The number of ketones is 1. The van der Waals surface area contributed by atoms with E-state index in [1.54, 1.807) is 12.1 Å². The van der Waals surface area contributed by atoms with E-state index in [0.717, 1.165) is 12.2 Å². The molecule has 0 aromatic carbocycles. The van der Waals surface area contributed by atoms with Gasteiger partial charge in [-0.2, -0.15) is 0 Å². The van der Waals surface area contributed by atoms with E-state index in [-0.39, 0.29) is 11.7 Å². The number of carbonyl (C=O) groups excluding carboxylic acids is 1. The van der Waals surface area contributed by atoms with Crippen molar-refractivity contribution in [2.75, 3.05) is 6.54 Å². The van der Waals surface area contributed by atoms with Crippen LogP contribution >= 0.6 is 0 Å². The summed E-state index contributed by atoms with van der Waals surface area (Å²) in [5.74, 6) is 1.09. The van der Waals surface area contributed by atoms with Crippen LogP contribution in [0.1, 0.15) is 29.7 Å². The molecule has 1 atom stereocenters. The molecule has 1 aromatic heterocycles. The van der Waals surface area contributed by atoms with E-state index in [0.29, 0.717) is 12.3 Å². The van der Waals surface area contributed by atoms with Crippen molar-refractivity contribution in [2.24, 2.45) is 11.7 Å². The van der Waals surface area contributed by atoms with Crippen LogP contribution < -0.4 is 5.73 Å². The number of rotatable bonds is 4. The fourth-order valence-corrected chi connectivity index (χ4v) is 1.23. The maximum Gasteiger partial charge on any atom is 0.202 e. The quantitative estimate of drug-likeness (QED) is 0.720. The average molecular weight is 181 g/mol. The Labute approximate surface area is 77.9 Å². The van der Waals surface area contributed by atoms with Crippen molar-refractivity contribution in [3.63, 3.8) is 0 Å². The van der Waals surface area contributed by atoms with Gasteiger partial charge in [0.1, 0.15) is 5.76 Å². The highest BCUT2D eigenvalue weighted by atomic mass is 16.3. The minimum atomic E-state index is -0.106. The Morgan fingerprint density at radius 2 is 2.31 bits per heavy atom. The summed E-state index contributed by atoms with van der Waals surface area (Å²) >= 11 is 0. The van der Waals surface area contributed by atoms with Crippen LogP contribution in [0.25, 0.3) is 0 Å². The molecule has 0 amide bonds. The van der Waals surface area contributed by atoms with E-state index in [9.17, 15) is 4.79 Å². The number of hydrogen-bond acceptors (Lipinski definition) is 3. The molecule has 1 unspecified atom stereocenters. The Bertz CT molecular complexity index is 287. The lowest BCUT2D eigenvalue weighted by Gasteiger charge is -2.07. The van der Waals surface area contributed by atoms with E-state index >= 15 is 0 Å². The first-order chi connectivity index (χ1) is 6.19. The van der Waals surface area contributed by atoms with Crippen LogP contribution in [0.2, 0.25) is 0 Å². The first-order valence-corrected chi connectivity index (χ1v) is 4.49. The van der Waals surface area contributed by atoms with Crippen molar-refractivity contribution in [1.82, 2.24) is 0 Å². The molecule has 0 aliphatic rings. The summed E-state index contributed by atoms with van der Waals surface area (Å²) in [5, 5.41) is 0. The molecule has 0 saturated carbocycles. The van der Waals surface area contributed by atoms with Gasteiger partial charge in [0.2, 0.25) is 5.78 Å². The van der Waals surface area contributed by atoms with Gasteiger partial charge in [-0.05, 0) is 25.5 Å². The third kappa shape index (κ3) is 2.18. The van der Waals surface area contributed by atoms with Crippen molar-refractivity contribution >= 4 is 5.78 Å². The fraction of sp³-hybridized carbons (Fsp3) is 0.500. The number of carbonyl (C=O) groups is 1. The molecule has 72 valence electrons. The molecule has 0 radical (unpaired) electrons. The summed E-state index contributed by atoms with van der Waals surface area (Å²) in [6.07, 6.45) is 0.759. The van der Waals surface area contributed by atoms with Crippen LogP contribution in [0.5, 0.6) is 0 Å². The smallest absolute Gasteiger partial charge is 0.202 e. The third-order valence-corrected chi connectivity index (χ3v) is 2.13. The molecule has 0 saturated heterocycles. The number of nitrogens with two attached hydrogens (primary N) is 1. The number of aryl methyl sites for hydroxylation is 1. The SMILES string of the molecule is CCC(CN)C(=O)c1ccc(C)o1. The van der Waals surface area contributed by atoms with Gasteiger partial charge in [-0.15, -0.1) is 0 Å². The minimum absolute atomic E-state index is 0.0121. The van der Waals surface area contributed by atoms with E-state index < -0.39 is 0 Å². The lowest BCUT2D eigenvalue weighted by Crippen LogP contribution is -2.22. The van der Waals surface area contributed by atoms with Crippen molar-refractivity contribution in [3.8, 4) is 0 Å². The molecular weight excluding hydrogens is 166 g/mol. The molecule has 13 heavy (non-hydrogen) atoms. The molecule has 3 heteroatoms. The number of furan rings is 1. The van der Waals surface area contributed by atoms with E-state index in [2.05, 4.69) is 0 Å². The molecule has 1 rings (SSSR count). The number of Topliss-reactive ketones (excluding diaryl/α,β-unsaturated/α-hetero) is 1. The van der Waals surface area contributed by atoms with Gasteiger partial charge in [0.25, 0.3) is 0 Å². The maximum atomic E-state index is 11.6. The van der Waals surface area contributed by atoms with Crippen molar-refractivity contribution in [2.45, 2.75) is 20.3 Å². The second kappa shape index (κ2) is 4.23. The van der Waals surface area contributed by atoms with Crippen molar-refractivity contribution < 1.29 is 9.21 Å². The first-order valence-electron chi connectivity index (χ1n) is 4.49. The van der Waals surface area contributed by atoms with Gasteiger partial charge >= 0.3 is 0 Å². The van der Waals surface area contributed by atoms with Gasteiger partial charge in [-0.1, -0.05) is 6.92 Å². The zero-order chi connectivity index (χ0) is 9.84. The molecule has 3 nitrogen and oxygen atoms in total. The topological polar surface area (TPSA) is 56.2 Å². The maximum absolute atomic E-state index is 11.6. The molecule has 0 fully saturated rings. The summed E-state index contributed by atoms with van der Waals surface area (Å²) < 4.78 is 5.22. The molecule has 0 aliphatic carbocycles. The monoisotopic (exact) mass is 181 g/mol. The van der Waals surface area contributed by atoms with Gasteiger partial charge in [0, 0.05) is 12.5 Å². The Balaban J connectivity index is 2.78. The lowest BCUT2D eigenvalue weighted by molar-refractivity contribution is 0.0891. The predicted octanol–water partition coefficient (Wildman–Crippen LogP) is 1.76. The molecular formula is C10H15NO2. The molecule has 0 aliphatic heterocycles. The predicted molar refractivity (Wildman–Crippen MR) is 50.6 cm³/mol. The third-order valence-electron chi connectivity index (χ3n) is 2.13. The van der Waals surface area contributed by atoms with Gasteiger partial charge in [-0.25, -0.2) is 0 Å². The zero-order valence-corrected chi connectivity index (χ0v) is 8.04. The summed E-state index contributed by atoms with van der Waals surface area (Å²) in [6.45, 7) is 4.15. The van der Waals surface area contributed by atoms with Gasteiger partial charge in [0.15, 0.2) is 5.76 Å². The Morgan fingerprint density at radius 1 is 1.62 bits per heavy atom. The van der Waals surface area contributed by atoms with Crippen molar-refractivity contribution in [3.05, 3.63) is 23.7 Å². The standard InChI is InChI=1S/C10H15NO2/c1-3-8(6-11)10(12)9-5-4-7(2)13-9/h4-5,8H,3,6,11H2,1-2H3. The van der Waals surface area contributed by atoms with Gasteiger partial charge in [0.05, 0.1) is 0 Å². The lowest BCUT2D eigenvalue weighted by atomic mass is 10.00. The second-order valence-electron chi connectivity index (χ2n) is 3.12. The second-order valence-corrected chi connectivity index (χ2v) is 3.12. The Hall–Kier alpha value is -1.09. The van der Waals surface area contributed by atoms with Gasteiger partial charge in [-0.3, -0.25) is 4.79 Å². The molecule has 2 N–H and O–H groups in total. The zero-order valence-electron chi connectivity index (χ0n) is 8.04. The molecule has 0 bridgehead atoms. The molecule has 1 aromatic rings. The van der Waals surface area contributed by atoms with Crippen LogP contribution in [0, 0.1) is 12.8 Å². The average Bonchev–Trinajstić information content (AvgIpc) is 2.54. The van der Waals surface area contributed by atoms with E-state index in [4.69, 9.17) is 10.2 Å². The first kappa shape index (κ1) is 9.99. The summed E-state index contributed by atoms with van der Waals surface area (Å²) in [6, 6.07) is 3.49. The van der Waals surface area contributed by atoms with Crippen LogP contribution in [-0.2, 0) is 0 Å². The highest BCUT2D eigenvalue weighted by molar-refractivity contribution is 5.95. The van der Waals surface area contributed by atoms with E-state index in [1.807, 2.05) is 13.8 Å². The highest BCUT2D eigenvalue weighted by Crippen LogP contribution is 2.13. The van der Waals surface area contributed by atoms with Gasteiger partial charge < -0.3 is 10.2 Å². The fourth-order valence-electron chi connectivity index (χ4n) is 1.23. The molecule has 0 spiro atoms. The van der Waals surface area contributed by atoms with Crippen LogP contribution in [0.15, 0.2) is 16.5 Å². The summed E-state index contributed by atoms with van der Waals surface area (Å²) in [7, 11) is 0. The summed E-state index contributed by atoms with van der Waals surface area (Å²) in [5.41, 5.74) is 5.47. The Kier molecular flexibility index (Phi) is 3.25. The highest BCUT2D eigenvalue weighted by Gasteiger charge is 2.19. The Morgan fingerprint density at radius 3 is 2.69 bits per heavy atom. The molecule has 1 heterocycles. The normalized spacial score (nSPS) is 12.8. The number of hydrogen-bond donors (Lipinski definition) is 1. The van der Waals surface area contributed by atoms with Crippen LogP contribution in [0.4, 0.5) is 0 Å². The van der Waals surface area contributed by atoms with Crippen LogP contribution in [0.3, 0.4) is 0 Å². The van der Waals surface area contributed by atoms with Crippen molar-refractivity contribution in [1.29, 1.82) is 0 Å². The minimum Gasteiger partial charge on any atom is -0.458 e. The largest absolute Gasteiger partial charge is 0.458 e.